The summed E-state index contributed by atoms with van der Waals surface area (Å²) in [5.74, 6) is 0.169. The van der Waals surface area contributed by atoms with Crippen molar-refractivity contribution in [2.75, 3.05) is 7.11 Å². The Bertz CT molecular complexity index is 561. The number of allylic oxidation sites excluding steroid dienone is 1. The van der Waals surface area contributed by atoms with Crippen molar-refractivity contribution in [3.05, 3.63) is 29.3 Å². The van der Waals surface area contributed by atoms with Gasteiger partial charge in [0.15, 0.2) is 11.5 Å². The van der Waals surface area contributed by atoms with Crippen molar-refractivity contribution >= 4 is 12.0 Å². The molecule has 0 N–H and O–H groups in total. The molecule has 0 saturated carbocycles. The van der Waals surface area contributed by atoms with Gasteiger partial charge in [-0.15, -0.1) is 0 Å². The number of benzene rings is 1. The highest BCUT2D eigenvalue weighted by atomic mass is 16.6. The van der Waals surface area contributed by atoms with Gasteiger partial charge in [-0.3, -0.25) is 4.79 Å². The quantitative estimate of drug-likeness (QED) is 0.460. The van der Waals surface area contributed by atoms with Gasteiger partial charge in [0.05, 0.1) is 7.11 Å². The number of methoxy groups -OCH3 is 1. The number of nitrogens with zero attached hydrogens (tertiary/aromatic N) is 2. The van der Waals surface area contributed by atoms with Crippen LogP contribution in [0.4, 0.5) is 0 Å². The van der Waals surface area contributed by atoms with Crippen LogP contribution in [0.2, 0.25) is 0 Å². The van der Waals surface area contributed by atoms with E-state index >= 15 is 0 Å². The van der Waals surface area contributed by atoms with Crippen LogP contribution in [0.3, 0.4) is 0 Å². The van der Waals surface area contributed by atoms with Crippen LogP contribution in [0.25, 0.3) is 6.08 Å². The van der Waals surface area contributed by atoms with Gasteiger partial charge in [-0.05, 0) is 23.8 Å². The second-order valence-electron chi connectivity index (χ2n) is 3.29. The van der Waals surface area contributed by atoms with Gasteiger partial charge < -0.3 is 9.47 Å². The molecule has 90 valence electrons. The molecule has 0 spiro atoms. The Balaban J connectivity index is 3.19. The van der Waals surface area contributed by atoms with Crippen molar-refractivity contribution in [1.82, 2.24) is 0 Å². The van der Waals surface area contributed by atoms with Crippen LogP contribution >= 0.6 is 0 Å². The van der Waals surface area contributed by atoms with E-state index < -0.39 is 5.97 Å². The molecule has 0 aromatic heterocycles. The summed E-state index contributed by atoms with van der Waals surface area (Å²) in [7, 11) is 1.45. The van der Waals surface area contributed by atoms with E-state index in [2.05, 4.69) is 0 Å². The predicted octanol–water partition coefficient (Wildman–Crippen LogP) is 2.05. The molecule has 0 aliphatic carbocycles. The van der Waals surface area contributed by atoms with Crippen LogP contribution in [0, 0.1) is 22.7 Å². The topological polar surface area (TPSA) is 83.1 Å². The summed E-state index contributed by atoms with van der Waals surface area (Å²) in [6, 6.07) is 8.27. The van der Waals surface area contributed by atoms with Crippen LogP contribution in [-0.4, -0.2) is 13.1 Å². The first-order valence-corrected chi connectivity index (χ1v) is 4.99. The first-order chi connectivity index (χ1) is 8.60. The number of nitriles is 2. The van der Waals surface area contributed by atoms with E-state index in [0.29, 0.717) is 11.3 Å². The monoisotopic (exact) mass is 242 g/mol. The molecule has 1 aromatic carbocycles. The zero-order valence-corrected chi connectivity index (χ0v) is 9.93. The lowest BCUT2D eigenvalue weighted by atomic mass is 10.1. The minimum atomic E-state index is -0.477. The molecule has 0 radical (unpaired) electrons. The molecule has 1 aromatic rings. The molecule has 0 amide bonds. The normalized spacial score (nSPS) is 8.67. The highest BCUT2D eigenvalue weighted by Gasteiger charge is 2.07. The average molecular weight is 242 g/mol. The summed E-state index contributed by atoms with van der Waals surface area (Å²) in [6.07, 6.45) is 1.40. The van der Waals surface area contributed by atoms with Gasteiger partial charge in [-0.2, -0.15) is 10.5 Å². The Morgan fingerprint density at radius 1 is 1.28 bits per heavy atom. The van der Waals surface area contributed by atoms with E-state index in [1.54, 1.807) is 24.3 Å². The molecular formula is C13H10N2O3. The van der Waals surface area contributed by atoms with Crippen molar-refractivity contribution in [2.45, 2.75) is 6.92 Å². The van der Waals surface area contributed by atoms with Crippen molar-refractivity contribution in [3.63, 3.8) is 0 Å². The van der Waals surface area contributed by atoms with E-state index in [0.717, 1.165) is 0 Å². The number of carbonyl (C=O) groups is 1. The molecule has 0 atom stereocenters. The maximum absolute atomic E-state index is 10.9. The van der Waals surface area contributed by atoms with E-state index in [4.69, 9.17) is 20.0 Å². The summed E-state index contributed by atoms with van der Waals surface area (Å²) >= 11 is 0. The van der Waals surface area contributed by atoms with Crippen molar-refractivity contribution in [3.8, 4) is 23.6 Å². The van der Waals surface area contributed by atoms with Gasteiger partial charge in [0.1, 0.15) is 17.7 Å². The summed E-state index contributed by atoms with van der Waals surface area (Å²) in [5, 5.41) is 17.3. The SMILES string of the molecule is COc1ccc(C=C(C#N)C#N)cc1OC(C)=O. The zero-order chi connectivity index (χ0) is 13.5. The molecule has 0 aliphatic rings. The van der Waals surface area contributed by atoms with Crippen LogP contribution in [0.15, 0.2) is 23.8 Å². The molecule has 1 rings (SSSR count). The summed E-state index contributed by atoms with van der Waals surface area (Å²) in [5.41, 5.74) is 0.541. The van der Waals surface area contributed by atoms with Gasteiger partial charge in [0.25, 0.3) is 0 Å². The molecule has 5 heteroatoms. The molecule has 0 fully saturated rings. The lowest BCUT2D eigenvalue weighted by Gasteiger charge is -2.08. The predicted molar refractivity (Wildman–Crippen MR) is 63.5 cm³/mol. The smallest absolute Gasteiger partial charge is 0.308 e. The first-order valence-electron chi connectivity index (χ1n) is 4.99. The van der Waals surface area contributed by atoms with Crippen molar-refractivity contribution in [1.29, 1.82) is 10.5 Å². The number of ether oxygens (including phenoxy) is 2. The second kappa shape index (κ2) is 6.07. The summed E-state index contributed by atoms with van der Waals surface area (Å²) in [4.78, 5) is 10.9. The molecule has 0 saturated heterocycles. The molecule has 0 unspecified atom stereocenters. The maximum atomic E-state index is 10.9. The van der Waals surface area contributed by atoms with Crippen molar-refractivity contribution < 1.29 is 14.3 Å². The van der Waals surface area contributed by atoms with Crippen molar-refractivity contribution in [2.24, 2.45) is 0 Å². The van der Waals surface area contributed by atoms with Gasteiger partial charge >= 0.3 is 5.97 Å². The fourth-order valence-corrected chi connectivity index (χ4v) is 1.27. The van der Waals surface area contributed by atoms with Crippen LogP contribution in [0.1, 0.15) is 12.5 Å². The average Bonchev–Trinajstić information content (AvgIpc) is 2.35. The molecule has 5 nitrogen and oxygen atoms in total. The molecule has 0 aliphatic heterocycles. The van der Waals surface area contributed by atoms with Gasteiger partial charge in [0, 0.05) is 6.92 Å². The lowest BCUT2D eigenvalue weighted by molar-refractivity contribution is -0.132. The van der Waals surface area contributed by atoms with Gasteiger partial charge in [-0.1, -0.05) is 6.07 Å². The standard InChI is InChI=1S/C13H10N2O3/c1-9(16)18-13-6-10(3-4-12(13)17-2)5-11(7-14)8-15/h3-6H,1-2H3. The molecule has 0 heterocycles. The number of rotatable bonds is 3. The van der Waals surface area contributed by atoms with Crippen LogP contribution in [-0.2, 0) is 4.79 Å². The van der Waals surface area contributed by atoms with Crippen LogP contribution < -0.4 is 9.47 Å². The Morgan fingerprint density at radius 3 is 2.44 bits per heavy atom. The third-order valence-corrected chi connectivity index (χ3v) is 1.99. The Morgan fingerprint density at radius 2 is 1.94 bits per heavy atom. The minimum absolute atomic E-state index is 0.0334. The summed E-state index contributed by atoms with van der Waals surface area (Å²) < 4.78 is 10.00. The van der Waals surface area contributed by atoms with Gasteiger partial charge in [0.2, 0.25) is 0 Å². The largest absolute Gasteiger partial charge is 0.493 e. The van der Waals surface area contributed by atoms with E-state index in [1.807, 2.05) is 0 Å². The number of hydrogen-bond donors (Lipinski definition) is 0. The highest BCUT2D eigenvalue weighted by molar-refractivity contribution is 5.72. The fourth-order valence-electron chi connectivity index (χ4n) is 1.27. The Kier molecular flexibility index (Phi) is 4.48. The lowest BCUT2D eigenvalue weighted by Crippen LogP contribution is -2.03. The zero-order valence-electron chi connectivity index (χ0n) is 9.93. The highest BCUT2D eigenvalue weighted by Crippen LogP contribution is 2.29. The number of carbonyl (C=O) groups excluding carboxylic acids is 1. The fraction of sp³-hybridized carbons (Fsp3) is 0.154. The third kappa shape index (κ3) is 3.36. The molecule has 0 bridgehead atoms. The number of hydrogen-bond acceptors (Lipinski definition) is 5. The van der Waals surface area contributed by atoms with Crippen LogP contribution in [0.5, 0.6) is 11.5 Å². The van der Waals surface area contributed by atoms with E-state index in [-0.39, 0.29) is 11.3 Å². The first kappa shape index (κ1) is 13.3. The van der Waals surface area contributed by atoms with E-state index in [9.17, 15) is 4.79 Å². The molecular weight excluding hydrogens is 232 g/mol. The second-order valence-corrected chi connectivity index (χ2v) is 3.29. The Hall–Kier alpha value is -2.79. The third-order valence-electron chi connectivity index (χ3n) is 1.99. The maximum Gasteiger partial charge on any atom is 0.308 e. The molecule has 18 heavy (non-hydrogen) atoms. The summed E-state index contributed by atoms with van der Waals surface area (Å²) in [6.45, 7) is 1.28. The minimum Gasteiger partial charge on any atom is -0.493 e. The Labute approximate surface area is 104 Å². The van der Waals surface area contributed by atoms with Gasteiger partial charge in [-0.25, -0.2) is 0 Å². The number of esters is 1. The van der Waals surface area contributed by atoms with E-state index in [1.165, 1.54) is 26.2 Å².